The predicted octanol–water partition coefficient (Wildman–Crippen LogP) is 2.27. The zero-order valence-electron chi connectivity index (χ0n) is 12.3. The topological polar surface area (TPSA) is 87.3 Å². The predicted molar refractivity (Wildman–Crippen MR) is 80.0 cm³/mol. The summed E-state index contributed by atoms with van der Waals surface area (Å²) in [6, 6.07) is 3.11. The Morgan fingerprint density at radius 3 is 2.96 bits per heavy atom. The minimum atomic E-state index is -0.715. The van der Waals surface area contributed by atoms with Crippen LogP contribution in [0.5, 0.6) is 0 Å². The summed E-state index contributed by atoms with van der Waals surface area (Å²) in [6.07, 6.45) is 6.30. The van der Waals surface area contributed by atoms with E-state index in [9.17, 15) is 19.3 Å². The van der Waals surface area contributed by atoms with Crippen LogP contribution >= 0.6 is 0 Å². The fourth-order valence-electron chi connectivity index (χ4n) is 1.89. The van der Waals surface area contributed by atoms with Crippen molar-refractivity contribution in [3.05, 3.63) is 63.7 Å². The molecule has 0 amide bonds. The van der Waals surface area contributed by atoms with Gasteiger partial charge in [0.25, 0.3) is 5.69 Å². The van der Waals surface area contributed by atoms with Crippen molar-refractivity contribution in [2.24, 2.45) is 7.05 Å². The van der Waals surface area contributed by atoms with Gasteiger partial charge in [-0.3, -0.25) is 14.8 Å². The number of nitro groups is 1. The van der Waals surface area contributed by atoms with Gasteiger partial charge in [-0.2, -0.15) is 5.10 Å². The molecule has 0 N–H and O–H groups in total. The highest BCUT2D eigenvalue weighted by atomic mass is 19.1. The standard InChI is InChI=1S/C15H14FN3O4/c1-18-10-11(9-17-18)6-7-23-15(20)5-3-12-2-4-13(16)8-14(12)19(21)22/h2-5,8-10H,6-7H2,1H3/b5-3-. The summed E-state index contributed by atoms with van der Waals surface area (Å²) in [5, 5.41) is 14.8. The Labute approximate surface area is 131 Å². The second kappa shape index (κ2) is 7.30. The smallest absolute Gasteiger partial charge is 0.330 e. The van der Waals surface area contributed by atoms with Gasteiger partial charge in [0.15, 0.2) is 0 Å². The van der Waals surface area contributed by atoms with Crippen LogP contribution in [0.15, 0.2) is 36.7 Å². The zero-order chi connectivity index (χ0) is 16.8. The Kier molecular flexibility index (Phi) is 5.19. The van der Waals surface area contributed by atoms with E-state index in [1.54, 1.807) is 17.9 Å². The van der Waals surface area contributed by atoms with E-state index in [4.69, 9.17) is 4.74 Å². The molecule has 0 aliphatic carbocycles. The quantitative estimate of drug-likeness (QED) is 0.353. The minimum absolute atomic E-state index is 0.126. The first-order valence-corrected chi connectivity index (χ1v) is 6.72. The first-order chi connectivity index (χ1) is 11.0. The van der Waals surface area contributed by atoms with Crippen molar-refractivity contribution < 1.29 is 18.8 Å². The van der Waals surface area contributed by atoms with Gasteiger partial charge in [0.1, 0.15) is 5.82 Å². The molecule has 0 saturated heterocycles. The normalized spacial score (nSPS) is 10.9. The van der Waals surface area contributed by atoms with Crippen molar-refractivity contribution in [3.63, 3.8) is 0 Å². The molecule has 23 heavy (non-hydrogen) atoms. The van der Waals surface area contributed by atoms with E-state index in [-0.39, 0.29) is 12.2 Å². The Bertz CT molecular complexity index is 755. The fraction of sp³-hybridized carbons (Fsp3) is 0.200. The van der Waals surface area contributed by atoms with Crippen molar-refractivity contribution >= 4 is 17.7 Å². The molecule has 0 spiro atoms. The van der Waals surface area contributed by atoms with Gasteiger partial charge in [-0.15, -0.1) is 0 Å². The van der Waals surface area contributed by atoms with Crippen LogP contribution in [0.3, 0.4) is 0 Å². The summed E-state index contributed by atoms with van der Waals surface area (Å²) in [4.78, 5) is 21.7. The Morgan fingerprint density at radius 2 is 2.30 bits per heavy atom. The van der Waals surface area contributed by atoms with Crippen LogP contribution in [-0.2, 0) is 23.0 Å². The van der Waals surface area contributed by atoms with Gasteiger partial charge in [0, 0.05) is 25.7 Å². The molecule has 0 aliphatic rings. The highest BCUT2D eigenvalue weighted by Gasteiger charge is 2.13. The lowest BCUT2D eigenvalue weighted by atomic mass is 10.1. The van der Waals surface area contributed by atoms with Gasteiger partial charge in [-0.1, -0.05) is 0 Å². The summed E-state index contributed by atoms with van der Waals surface area (Å²) < 4.78 is 19.6. The second-order valence-corrected chi connectivity index (χ2v) is 4.73. The van der Waals surface area contributed by atoms with Crippen molar-refractivity contribution in [1.82, 2.24) is 9.78 Å². The number of halogens is 1. The summed E-state index contributed by atoms with van der Waals surface area (Å²) >= 11 is 0. The number of aryl methyl sites for hydroxylation is 1. The maximum absolute atomic E-state index is 13.0. The van der Waals surface area contributed by atoms with Crippen molar-refractivity contribution in [1.29, 1.82) is 0 Å². The number of benzene rings is 1. The average molecular weight is 319 g/mol. The Hall–Kier alpha value is -3.03. The largest absolute Gasteiger partial charge is 0.462 e. The maximum Gasteiger partial charge on any atom is 0.330 e. The third-order valence-electron chi connectivity index (χ3n) is 2.98. The lowest BCUT2D eigenvalue weighted by Gasteiger charge is -2.00. The third-order valence-corrected chi connectivity index (χ3v) is 2.98. The molecule has 1 aromatic carbocycles. The highest BCUT2D eigenvalue weighted by Crippen LogP contribution is 2.21. The molecule has 0 saturated carbocycles. The van der Waals surface area contributed by atoms with Crippen molar-refractivity contribution in [3.8, 4) is 0 Å². The average Bonchev–Trinajstić information content (AvgIpc) is 2.91. The summed E-state index contributed by atoms with van der Waals surface area (Å²) in [5.41, 5.74) is 0.642. The van der Waals surface area contributed by atoms with Crippen LogP contribution in [-0.4, -0.2) is 27.3 Å². The molecule has 1 heterocycles. The van der Waals surface area contributed by atoms with Gasteiger partial charge in [-0.05, 0) is 23.8 Å². The number of carbonyl (C=O) groups is 1. The molecule has 8 heteroatoms. The van der Waals surface area contributed by atoms with E-state index in [1.165, 1.54) is 12.1 Å². The molecule has 7 nitrogen and oxygen atoms in total. The van der Waals surface area contributed by atoms with Crippen LogP contribution in [0, 0.1) is 15.9 Å². The number of hydrogen-bond acceptors (Lipinski definition) is 5. The Morgan fingerprint density at radius 1 is 1.52 bits per heavy atom. The molecule has 0 unspecified atom stereocenters. The molecule has 2 rings (SSSR count). The van der Waals surface area contributed by atoms with Crippen molar-refractivity contribution in [2.45, 2.75) is 6.42 Å². The van der Waals surface area contributed by atoms with Gasteiger partial charge in [0.05, 0.1) is 29.4 Å². The molecular weight excluding hydrogens is 305 g/mol. The fourth-order valence-corrected chi connectivity index (χ4v) is 1.89. The lowest BCUT2D eigenvalue weighted by Crippen LogP contribution is -2.04. The van der Waals surface area contributed by atoms with Gasteiger partial charge in [0.2, 0.25) is 0 Å². The molecule has 0 aliphatic heterocycles. The van der Waals surface area contributed by atoms with Gasteiger partial charge in [-0.25, -0.2) is 9.18 Å². The number of nitrogens with zero attached hydrogens (tertiary/aromatic N) is 3. The molecule has 0 bridgehead atoms. The SMILES string of the molecule is Cn1cc(CCOC(=O)/C=C\c2ccc(F)cc2[N+](=O)[O-])cn1. The van der Waals surface area contributed by atoms with E-state index in [0.717, 1.165) is 23.8 Å². The van der Waals surface area contributed by atoms with Crippen LogP contribution in [0.1, 0.15) is 11.1 Å². The number of aromatic nitrogens is 2. The highest BCUT2D eigenvalue weighted by molar-refractivity contribution is 5.87. The molecule has 0 radical (unpaired) electrons. The monoisotopic (exact) mass is 319 g/mol. The first-order valence-electron chi connectivity index (χ1n) is 6.72. The number of hydrogen-bond donors (Lipinski definition) is 0. The molecule has 2 aromatic rings. The Balaban J connectivity index is 1.92. The molecule has 1 aromatic heterocycles. The van der Waals surface area contributed by atoms with Gasteiger partial charge >= 0.3 is 5.97 Å². The molecule has 0 fully saturated rings. The number of nitro benzene ring substituents is 1. The van der Waals surface area contributed by atoms with E-state index < -0.39 is 22.4 Å². The van der Waals surface area contributed by atoms with Crippen molar-refractivity contribution in [2.75, 3.05) is 6.61 Å². The second-order valence-electron chi connectivity index (χ2n) is 4.73. The first kappa shape index (κ1) is 16.3. The maximum atomic E-state index is 13.0. The van der Waals surface area contributed by atoms with Gasteiger partial charge < -0.3 is 4.74 Å². The molecule has 0 atom stereocenters. The number of rotatable bonds is 6. The molecular formula is C15H14FN3O4. The van der Waals surface area contributed by atoms with Crippen LogP contribution in [0.25, 0.3) is 6.08 Å². The number of carbonyl (C=O) groups excluding carboxylic acids is 1. The van der Waals surface area contributed by atoms with Crippen LogP contribution < -0.4 is 0 Å². The number of esters is 1. The summed E-state index contributed by atoms with van der Waals surface area (Å²) in [6.45, 7) is 0.167. The number of ether oxygens (including phenoxy) is 1. The summed E-state index contributed by atoms with van der Waals surface area (Å²) in [5.74, 6) is -1.35. The van der Waals surface area contributed by atoms with E-state index in [0.29, 0.717) is 6.42 Å². The van der Waals surface area contributed by atoms with E-state index >= 15 is 0 Å². The zero-order valence-corrected chi connectivity index (χ0v) is 12.3. The lowest BCUT2D eigenvalue weighted by molar-refractivity contribution is -0.385. The van der Waals surface area contributed by atoms with E-state index in [2.05, 4.69) is 5.10 Å². The van der Waals surface area contributed by atoms with Crippen LogP contribution in [0.2, 0.25) is 0 Å². The van der Waals surface area contributed by atoms with Crippen LogP contribution in [0.4, 0.5) is 10.1 Å². The minimum Gasteiger partial charge on any atom is -0.462 e. The summed E-state index contributed by atoms with van der Waals surface area (Å²) in [7, 11) is 1.79. The van der Waals surface area contributed by atoms with E-state index in [1.807, 2.05) is 6.20 Å². The molecule has 120 valence electrons. The third kappa shape index (κ3) is 4.73.